The molecule has 100 valence electrons. The number of rotatable bonds is 6. The Labute approximate surface area is 110 Å². The Kier molecular flexibility index (Phi) is 4.84. The molecule has 0 spiro atoms. The molecule has 0 aliphatic carbocycles. The largest absolute Gasteiger partial charge is 0.493 e. The molecule has 1 aromatic carbocycles. The van der Waals surface area contributed by atoms with Gasteiger partial charge in [0.25, 0.3) is 0 Å². The lowest BCUT2D eigenvalue weighted by Crippen LogP contribution is -2.33. The first-order chi connectivity index (χ1) is 8.41. The van der Waals surface area contributed by atoms with Crippen molar-refractivity contribution in [1.29, 1.82) is 0 Å². The van der Waals surface area contributed by atoms with Crippen molar-refractivity contribution in [3.63, 3.8) is 0 Å². The molecule has 0 unspecified atom stereocenters. The van der Waals surface area contributed by atoms with Gasteiger partial charge in [-0.2, -0.15) is 0 Å². The van der Waals surface area contributed by atoms with Gasteiger partial charge in [-0.1, -0.05) is 0 Å². The topological polar surface area (TPSA) is 27.7 Å². The summed E-state index contributed by atoms with van der Waals surface area (Å²) in [5, 5.41) is 0. The lowest BCUT2D eigenvalue weighted by atomic mass is 10.1. The molecule has 0 heterocycles. The van der Waals surface area contributed by atoms with Crippen LogP contribution in [-0.4, -0.2) is 46.5 Å². The molecule has 0 saturated heterocycles. The van der Waals surface area contributed by atoms with Gasteiger partial charge in [0.05, 0.1) is 42.0 Å². The molecule has 0 aromatic heterocycles. The number of benzene rings is 1. The van der Waals surface area contributed by atoms with Crippen LogP contribution in [0.4, 0.5) is 0 Å². The predicted molar refractivity (Wildman–Crippen MR) is 71.1 cm³/mol. The summed E-state index contributed by atoms with van der Waals surface area (Å²) in [4.78, 5) is 0. The summed E-state index contributed by atoms with van der Waals surface area (Å²) in [5.74, 6) is 1.97. The zero-order valence-electron chi connectivity index (χ0n) is 11.8. The number of quaternary nitrogens is 1. The molecule has 1 rings (SSSR count). The Morgan fingerprint density at radius 2 is 1.50 bits per heavy atom. The molecule has 0 aliphatic heterocycles. The summed E-state index contributed by atoms with van der Waals surface area (Å²) >= 11 is 0. The van der Waals surface area contributed by atoms with E-state index in [1.165, 1.54) is 0 Å². The van der Waals surface area contributed by atoms with Crippen molar-refractivity contribution < 1.29 is 18.7 Å². The van der Waals surface area contributed by atoms with E-state index >= 15 is 0 Å². The van der Waals surface area contributed by atoms with E-state index in [-0.39, 0.29) is 0 Å². The van der Waals surface area contributed by atoms with E-state index in [4.69, 9.17) is 21.3 Å². The van der Waals surface area contributed by atoms with Gasteiger partial charge < -0.3 is 18.7 Å². The fraction of sp³-hybridized carbons (Fsp3) is 0.500. The molecule has 4 nitrogen and oxygen atoms in total. The van der Waals surface area contributed by atoms with E-state index in [2.05, 4.69) is 0 Å². The number of likely N-dealkylation sites (N-methyl/N-ethyl adjacent to an activating group) is 1. The molecule has 0 amide bonds. The van der Waals surface area contributed by atoms with Gasteiger partial charge in [-0.3, -0.25) is 0 Å². The van der Waals surface area contributed by atoms with Gasteiger partial charge in [-0.25, -0.2) is 0 Å². The molecule has 4 heteroatoms. The highest BCUT2D eigenvalue weighted by molar-refractivity contribution is 5.53. The number of hydrogen-bond acceptors (Lipinski definition) is 3. The van der Waals surface area contributed by atoms with Crippen molar-refractivity contribution in [2.24, 2.45) is 0 Å². The Hall–Kier alpha value is -1.42. The Morgan fingerprint density at radius 1 is 1.00 bits per heavy atom. The normalized spacial score (nSPS) is 11.2. The summed E-state index contributed by atoms with van der Waals surface area (Å²) in [7, 11) is 14.7. The molecule has 0 bridgehead atoms. The summed E-state index contributed by atoms with van der Waals surface area (Å²) in [6, 6.07) is 3.91. The minimum atomic E-state index is 0.427. The molecule has 1 aromatic rings. The first kappa shape index (κ1) is 14.6. The van der Waals surface area contributed by atoms with Crippen molar-refractivity contribution in [1.82, 2.24) is 0 Å². The fourth-order valence-electron chi connectivity index (χ4n) is 1.70. The number of ether oxygens (including phenoxy) is 3. The van der Waals surface area contributed by atoms with Gasteiger partial charge in [0, 0.05) is 6.42 Å². The van der Waals surface area contributed by atoms with Crippen molar-refractivity contribution in [2.75, 3.05) is 42.0 Å². The zero-order valence-corrected chi connectivity index (χ0v) is 11.8. The highest BCUT2D eigenvalue weighted by atomic mass is 16.5. The Balaban J connectivity index is 3.00. The lowest BCUT2D eigenvalue weighted by molar-refractivity contribution is -0.845. The van der Waals surface area contributed by atoms with E-state index in [1.807, 2.05) is 26.2 Å². The van der Waals surface area contributed by atoms with E-state index in [0.717, 1.165) is 18.5 Å². The minimum Gasteiger partial charge on any atom is -0.493 e. The minimum absolute atomic E-state index is 0.427. The van der Waals surface area contributed by atoms with E-state index in [1.54, 1.807) is 21.3 Å². The second kappa shape index (κ2) is 5.96. The van der Waals surface area contributed by atoms with Crippen LogP contribution in [-0.2, 0) is 6.42 Å². The first-order valence-corrected chi connectivity index (χ1v) is 5.81. The average molecular weight is 252 g/mol. The van der Waals surface area contributed by atoms with Gasteiger partial charge in [0.15, 0.2) is 11.5 Å². The van der Waals surface area contributed by atoms with Crippen LogP contribution in [0, 0.1) is 7.05 Å². The third-order valence-corrected chi connectivity index (χ3v) is 2.70. The summed E-state index contributed by atoms with van der Waals surface area (Å²) < 4.78 is 16.3. The van der Waals surface area contributed by atoms with Crippen molar-refractivity contribution >= 4 is 0 Å². The molecule has 0 N–H and O–H groups in total. The van der Waals surface area contributed by atoms with Crippen LogP contribution in [0.25, 0.3) is 0 Å². The Morgan fingerprint density at radius 3 is 1.83 bits per heavy atom. The zero-order chi connectivity index (χ0) is 13.8. The molecule has 18 heavy (non-hydrogen) atoms. The summed E-state index contributed by atoms with van der Waals surface area (Å²) in [6.07, 6.45) is 0.847. The molecular formula is C14H22NO3+. The van der Waals surface area contributed by atoms with Gasteiger partial charge in [-0.05, 0) is 17.7 Å². The third-order valence-electron chi connectivity index (χ3n) is 2.70. The fourth-order valence-corrected chi connectivity index (χ4v) is 1.70. The average Bonchev–Trinajstić information content (AvgIpc) is 2.33. The quantitative estimate of drug-likeness (QED) is 0.725. The van der Waals surface area contributed by atoms with Crippen molar-refractivity contribution in [2.45, 2.75) is 6.42 Å². The van der Waals surface area contributed by atoms with Crippen LogP contribution in [0.2, 0.25) is 0 Å². The van der Waals surface area contributed by atoms with E-state index < -0.39 is 0 Å². The predicted octanol–water partition coefficient (Wildman–Crippen LogP) is 2.00. The van der Waals surface area contributed by atoms with Crippen LogP contribution in [0.1, 0.15) is 5.56 Å². The molecule has 0 atom stereocenters. The van der Waals surface area contributed by atoms with Crippen LogP contribution in [0.5, 0.6) is 17.2 Å². The highest BCUT2D eigenvalue weighted by Crippen LogP contribution is 2.38. The SMILES string of the molecule is [CH][N+](C)(C)CCc1cc(OC)c(OC)c(OC)c1. The maximum absolute atomic E-state index is 5.93. The maximum atomic E-state index is 5.93. The number of hydrogen-bond donors (Lipinski definition) is 0. The van der Waals surface area contributed by atoms with Gasteiger partial charge in [-0.15, -0.1) is 0 Å². The standard InChI is InChI=1S/C14H22NO3/c1-15(2,3)8-7-11-9-12(16-4)14(18-6)13(10-11)17-5/h1,9-10H,7-8H2,2-6H3/q+1. The molecule has 2 radical (unpaired) electrons. The first-order valence-electron chi connectivity index (χ1n) is 5.81. The van der Waals surface area contributed by atoms with Crippen LogP contribution in [0.15, 0.2) is 12.1 Å². The van der Waals surface area contributed by atoms with Gasteiger partial charge >= 0.3 is 0 Å². The molecule has 0 aliphatic rings. The maximum Gasteiger partial charge on any atom is 0.206 e. The Bertz CT molecular complexity index is 372. The third kappa shape index (κ3) is 3.81. The lowest BCUT2D eigenvalue weighted by Gasteiger charge is -2.22. The summed E-state index contributed by atoms with van der Waals surface area (Å²) in [5.41, 5.74) is 1.11. The second-order valence-electron chi connectivity index (χ2n) is 4.79. The molecule has 0 saturated carbocycles. The number of nitrogens with zero attached hydrogens (tertiary/aromatic N) is 1. The van der Waals surface area contributed by atoms with Crippen molar-refractivity contribution in [3.05, 3.63) is 24.7 Å². The monoisotopic (exact) mass is 252 g/mol. The highest BCUT2D eigenvalue weighted by Gasteiger charge is 2.15. The number of methoxy groups -OCH3 is 3. The second-order valence-corrected chi connectivity index (χ2v) is 4.79. The molecule has 0 fully saturated rings. The van der Waals surface area contributed by atoms with Crippen LogP contribution < -0.4 is 14.2 Å². The van der Waals surface area contributed by atoms with E-state index in [0.29, 0.717) is 21.7 Å². The van der Waals surface area contributed by atoms with Gasteiger partial charge in [0.1, 0.15) is 0 Å². The van der Waals surface area contributed by atoms with Crippen LogP contribution >= 0.6 is 0 Å². The smallest absolute Gasteiger partial charge is 0.206 e. The van der Waals surface area contributed by atoms with E-state index in [9.17, 15) is 0 Å². The van der Waals surface area contributed by atoms with Crippen LogP contribution in [0.3, 0.4) is 0 Å². The summed E-state index contributed by atoms with van der Waals surface area (Å²) in [6.45, 7) is 0.832. The molecular weight excluding hydrogens is 230 g/mol. The van der Waals surface area contributed by atoms with Gasteiger partial charge in [0.2, 0.25) is 12.8 Å². The van der Waals surface area contributed by atoms with Crippen molar-refractivity contribution in [3.8, 4) is 17.2 Å².